The van der Waals surface area contributed by atoms with Crippen LogP contribution in [-0.4, -0.2) is 38.1 Å². The van der Waals surface area contributed by atoms with Crippen LogP contribution >= 0.6 is 0 Å². The van der Waals surface area contributed by atoms with Crippen LogP contribution in [0.3, 0.4) is 0 Å². The summed E-state index contributed by atoms with van der Waals surface area (Å²) >= 11 is 0. The van der Waals surface area contributed by atoms with Crippen LogP contribution in [0.25, 0.3) is 22.4 Å². The largest absolute Gasteiger partial charge is 0.419 e. The molecule has 0 amide bonds. The fourth-order valence-corrected chi connectivity index (χ4v) is 4.18. The molecule has 30 heavy (non-hydrogen) atoms. The first-order valence-electron chi connectivity index (χ1n) is 10.0. The van der Waals surface area contributed by atoms with E-state index in [0.717, 1.165) is 25.9 Å². The van der Waals surface area contributed by atoms with Gasteiger partial charge in [-0.25, -0.2) is 0 Å². The van der Waals surface area contributed by atoms with Gasteiger partial charge >= 0.3 is 0 Å². The number of non-ortho nitro benzene ring substituents is 1. The van der Waals surface area contributed by atoms with E-state index in [4.69, 9.17) is 4.42 Å². The predicted octanol–water partition coefficient (Wildman–Crippen LogP) is 4.51. The highest BCUT2D eigenvalue weighted by Gasteiger charge is 2.24. The fraction of sp³-hybridized carbons (Fsp3) is 0.273. The first kappa shape index (κ1) is 18.5. The van der Waals surface area contributed by atoms with E-state index in [0.29, 0.717) is 29.8 Å². The Hall–Kier alpha value is -3.52. The number of para-hydroxylation sites is 1. The van der Waals surface area contributed by atoms with Crippen LogP contribution in [0.5, 0.6) is 0 Å². The monoisotopic (exact) mass is 403 g/mol. The van der Waals surface area contributed by atoms with Gasteiger partial charge in [-0.3, -0.25) is 15.0 Å². The number of aromatic amines is 1. The number of rotatable bonds is 5. The maximum atomic E-state index is 10.8. The van der Waals surface area contributed by atoms with Crippen LogP contribution < -0.4 is 0 Å². The summed E-state index contributed by atoms with van der Waals surface area (Å²) in [5.41, 5.74) is 3.32. The van der Waals surface area contributed by atoms with Crippen molar-refractivity contribution < 1.29 is 9.34 Å². The van der Waals surface area contributed by atoms with Crippen molar-refractivity contribution in [1.29, 1.82) is 0 Å². The number of hydrogen-bond acceptors (Lipinski definition) is 6. The Balaban J connectivity index is 1.21. The summed E-state index contributed by atoms with van der Waals surface area (Å²) in [6, 6.07) is 14.6. The minimum atomic E-state index is -0.428. The highest BCUT2D eigenvalue weighted by molar-refractivity contribution is 5.83. The maximum Gasteiger partial charge on any atom is 0.269 e. The van der Waals surface area contributed by atoms with E-state index in [2.05, 4.69) is 50.5 Å². The van der Waals surface area contributed by atoms with E-state index >= 15 is 0 Å². The molecule has 1 saturated heterocycles. The van der Waals surface area contributed by atoms with Crippen molar-refractivity contribution in [1.82, 2.24) is 20.1 Å². The second kappa shape index (κ2) is 7.72. The highest BCUT2D eigenvalue weighted by Crippen LogP contribution is 2.33. The molecule has 2 aromatic carbocycles. The van der Waals surface area contributed by atoms with Crippen LogP contribution in [-0.2, 0) is 6.54 Å². The van der Waals surface area contributed by atoms with Gasteiger partial charge in [0.25, 0.3) is 5.69 Å². The third kappa shape index (κ3) is 3.57. The number of likely N-dealkylation sites (tertiary alicyclic amines) is 1. The number of nitro benzene ring substituents is 1. The molecular weight excluding hydrogens is 382 g/mol. The molecule has 8 heteroatoms. The van der Waals surface area contributed by atoms with Crippen molar-refractivity contribution in [3.63, 3.8) is 0 Å². The van der Waals surface area contributed by atoms with E-state index in [9.17, 15) is 10.1 Å². The number of aromatic nitrogens is 3. The van der Waals surface area contributed by atoms with Crippen LogP contribution in [0.1, 0.15) is 30.2 Å². The zero-order chi connectivity index (χ0) is 20.5. The maximum absolute atomic E-state index is 10.8. The van der Waals surface area contributed by atoms with Crippen molar-refractivity contribution >= 4 is 16.6 Å². The van der Waals surface area contributed by atoms with Crippen LogP contribution in [0.15, 0.2) is 59.1 Å². The fourth-order valence-electron chi connectivity index (χ4n) is 4.18. The zero-order valence-electron chi connectivity index (χ0n) is 16.3. The highest BCUT2D eigenvalue weighted by atomic mass is 16.6. The minimum absolute atomic E-state index is 0.0385. The Labute approximate surface area is 172 Å². The Morgan fingerprint density at radius 3 is 2.63 bits per heavy atom. The van der Waals surface area contributed by atoms with Crippen molar-refractivity contribution in [2.45, 2.75) is 25.3 Å². The summed E-state index contributed by atoms with van der Waals surface area (Å²) in [5.74, 6) is 1.50. The van der Waals surface area contributed by atoms with Gasteiger partial charge in [-0.1, -0.05) is 18.2 Å². The van der Waals surface area contributed by atoms with E-state index in [1.54, 1.807) is 12.1 Å². The standard InChI is InChI=1S/C22H21N5O3/c28-27(29)17-7-5-16(6-8-17)22-25-24-21(30-22)14-26-11-9-15(10-12-26)19-13-23-20-4-2-1-3-18(19)20/h1-8,13,15,23H,9-12,14H2. The second-order valence-electron chi connectivity index (χ2n) is 7.64. The number of nitrogens with zero attached hydrogens (tertiary/aromatic N) is 4. The van der Waals surface area contributed by atoms with Gasteiger partial charge in [0.05, 0.1) is 11.5 Å². The molecule has 2 aromatic heterocycles. The lowest BCUT2D eigenvalue weighted by Gasteiger charge is -2.30. The summed E-state index contributed by atoms with van der Waals surface area (Å²) in [5, 5.41) is 20.4. The number of benzene rings is 2. The molecule has 4 aromatic rings. The molecule has 0 spiro atoms. The van der Waals surface area contributed by atoms with E-state index in [1.807, 2.05) is 0 Å². The third-order valence-electron chi connectivity index (χ3n) is 5.80. The Morgan fingerprint density at radius 1 is 1.10 bits per heavy atom. The number of hydrogen-bond donors (Lipinski definition) is 1. The SMILES string of the molecule is O=[N+]([O-])c1ccc(-c2nnc(CN3CCC(c4c[nH]c5ccccc45)CC3)o2)cc1. The lowest BCUT2D eigenvalue weighted by atomic mass is 9.89. The normalized spacial score (nSPS) is 15.6. The first-order valence-corrected chi connectivity index (χ1v) is 10.0. The van der Waals surface area contributed by atoms with Crippen molar-refractivity contribution in [2.75, 3.05) is 13.1 Å². The van der Waals surface area contributed by atoms with Gasteiger partial charge in [-0.2, -0.15) is 0 Å². The molecule has 1 aliphatic rings. The van der Waals surface area contributed by atoms with Crippen molar-refractivity contribution in [3.8, 4) is 11.5 Å². The minimum Gasteiger partial charge on any atom is -0.419 e. The molecule has 8 nitrogen and oxygen atoms in total. The smallest absolute Gasteiger partial charge is 0.269 e. The van der Waals surface area contributed by atoms with Crippen LogP contribution in [0, 0.1) is 10.1 Å². The number of fused-ring (bicyclic) bond motifs is 1. The molecule has 0 saturated carbocycles. The van der Waals surface area contributed by atoms with Gasteiger partial charge < -0.3 is 9.40 Å². The van der Waals surface area contributed by atoms with Gasteiger partial charge in [-0.05, 0) is 55.6 Å². The molecule has 5 rings (SSSR count). The lowest BCUT2D eigenvalue weighted by Crippen LogP contribution is -2.32. The second-order valence-corrected chi connectivity index (χ2v) is 7.64. The summed E-state index contributed by atoms with van der Waals surface area (Å²) in [4.78, 5) is 16.1. The van der Waals surface area contributed by atoms with Crippen LogP contribution in [0.4, 0.5) is 5.69 Å². The quantitative estimate of drug-likeness (QED) is 0.389. The summed E-state index contributed by atoms with van der Waals surface area (Å²) in [6.07, 6.45) is 4.33. The molecule has 1 aliphatic heterocycles. The van der Waals surface area contributed by atoms with E-state index < -0.39 is 4.92 Å². The number of nitro groups is 1. The van der Waals surface area contributed by atoms with Gasteiger partial charge in [-0.15, -0.1) is 10.2 Å². The molecular formula is C22H21N5O3. The Morgan fingerprint density at radius 2 is 1.87 bits per heavy atom. The molecule has 0 bridgehead atoms. The number of H-pyrrole nitrogens is 1. The van der Waals surface area contributed by atoms with Gasteiger partial charge in [0.15, 0.2) is 0 Å². The number of nitrogens with one attached hydrogen (secondary N) is 1. The molecule has 0 radical (unpaired) electrons. The zero-order valence-corrected chi connectivity index (χ0v) is 16.3. The third-order valence-corrected chi connectivity index (χ3v) is 5.80. The first-order chi connectivity index (χ1) is 14.7. The Bertz CT molecular complexity index is 1170. The summed E-state index contributed by atoms with van der Waals surface area (Å²) < 4.78 is 5.79. The molecule has 0 aliphatic carbocycles. The van der Waals surface area contributed by atoms with E-state index in [-0.39, 0.29) is 5.69 Å². The summed E-state index contributed by atoms with van der Waals surface area (Å²) in [7, 11) is 0. The Kier molecular flexibility index (Phi) is 4.76. The average Bonchev–Trinajstić information content (AvgIpc) is 3.42. The van der Waals surface area contributed by atoms with Crippen molar-refractivity contribution in [3.05, 3.63) is 76.3 Å². The molecule has 1 N–H and O–H groups in total. The van der Waals surface area contributed by atoms with E-state index in [1.165, 1.54) is 28.6 Å². The lowest BCUT2D eigenvalue weighted by molar-refractivity contribution is -0.384. The molecule has 0 unspecified atom stereocenters. The number of piperidine rings is 1. The van der Waals surface area contributed by atoms with Gasteiger partial charge in [0, 0.05) is 34.8 Å². The topological polar surface area (TPSA) is 101 Å². The summed E-state index contributed by atoms with van der Waals surface area (Å²) in [6.45, 7) is 2.55. The van der Waals surface area contributed by atoms with Crippen LogP contribution in [0.2, 0.25) is 0 Å². The molecule has 152 valence electrons. The van der Waals surface area contributed by atoms with Gasteiger partial charge in [0.2, 0.25) is 11.8 Å². The predicted molar refractivity (Wildman–Crippen MR) is 112 cm³/mol. The average molecular weight is 403 g/mol. The van der Waals surface area contributed by atoms with Crippen molar-refractivity contribution in [2.24, 2.45) is 0 Å². The molecule has 3 heterocycles. The van der Waals surface area contributed by atoms with Gasteiger partial charge in [0.1, 0.15) is 0 Å². The molecule has 0 atom stereocenters. The molecule has 1 fully saturated rings.